The maximum Gasteiger partial charge on any atom is 0.0297 e. The van der Waals surface area contributed by atoms with Crippen molar-refractivity contribution in [1.29, 1.82) is 0 Å². The van der Waals surface area contributed by atoms with Crippen LogP contribution in [0, 0.1) is 11.3 Å². The number of hydrogen-bond acceptors (Lipinski definition) is 1. The summed E-state index contributed by atoms with van der Waals surface area (Å²) in [5.41, 5.74) is 1.40. The maximum absolute atomic E-state index is 6.06. The number of alkyl halides is 2. The van der Waals surface area contributed by atoms with E-state index in [1.54, 1.807) is 11.3 Å². The molecule has 0 amide bonds. The molecule has 1 rings (SSSR count). The Hall–Kier alpha value is 0.280. The maximum atomic E-state index is 6.06. The molecule has 0 saturated heterocycles. The Morgan fingerprint density at radius 2 is 2.00 bits per heavy atom. The van der Waals surface area contributed by atoms with Crippen LogP contribution in [0.3, 0.4) is 0 Å². The summed E-state index contributed by atoms with van der Waals surface area (Å²) < 4.78 is 0. The van der Waals surface area contributed by atoms with Gasteiger partial charge in [-0.25, -0.2) is 0 Å². The first kappa shape index (κ1) is 12.4. The third kappa shape index (κ3) is 2.65. The monoisotopic (exact) mass is 250 g/mol. The van der Waals surface area contributed by atoms with Crippen molar-refractivity contribution in [1.82, 2.24) is 0 Å². The van der Waals surface area contributed by atoms with E-state index in [1.165, 1.54) is 5.56 Å². The molecule has 0 nitrogen and oxygen atoms in total. The molecular formula is C11H16Cl2S. The van der Waals surface area contributed by atoms with Gasteiger partial charge >= 0.3 is 0 Å². The fourth-order valence-electron chi connectivity index (χ4n) is 1.44. The van der Waals surface area contributed by atoms with Gasteiger partial charge in [-0.3, -0.25) is 0 Å². The minimum absolute atomic E-state index is 0.0458. The van der Waals surface area contributed by atoms with E-state index in [0.717, 1.165) is 6.42 Å². The zero-order valence-corrected chi connectivity index (χ0v) is 10.9. The summed E-state index contributed by atoms with van der Waals surface area (Å²) in [4.78, 5) is 0. The van der Waals surface area contributed by atoms with Gasteiger partial charge in [0.25, 0.3) is 0 Å². The zero-order valence-electron chi connectivity index (χ0n) is 8.59. The quantitative estimate of drug-likeness (QED) is 0.680. The van der Waals surface area contributed by atoms with Crippen molar-refractivity contribution in [3.8, 4) is 0 Å². The second kappa shape index (κ2) is 5.39. The van der Waals surface area contributed by atoms with Gasteiger partial charge in [0.2, 0.25) is 0 Å². The smallest absolute Gasteiger partial charge is 0.0297 e. The summed E-state index contributed by atoms with van der Waals surface area (Å²) in [6.45, 7) is 4.38. The molecular weight excluding hydrogens is 235 g/mol. The van der Waals surface area contributed by atoms with Crippen LogP contribution in [0.5, 0.6) is 0 Å². The lowest BCUT2D eigenvalue weighted by atomic mass is 9.76. The fourth-order valence-corrected chi connectivity index (χ4v) is 3.20. The summed E-state index contributed by atoms with van der Waals surface area (Å²) in [5.74, 6) is 1.77. The van der Waals surface area contributed by atoms with E-state index < -0.39 is 0 Å². The van der Waals surface area contributed by atoms with Crippen LogP contribution < -0.4 is 0 Å². The molecule has 0 atom stereocenters. The minimum atomic E-state index is 0.0458. The average Bonchev–Trinajstić information content (AvgIpc) is 2.66. The van der Waals surface area contributed by atoms with Gasteiger partial charge in [-0.15, -0.1) is 23.2 Å². The molecule has 1 aromatic rings. The lowest BCUT2D eigenvalue weighted by Crippen LogP contribution is -2.33. The molecule has 0 N–H and O–H groups in total. The van der Waals surface area contributed by atoms with Crippen LogP contribution in [0.2, 0.25) is 0 Å². The molecule has 0 aliphatic rings. The Morgan fingerprint density at radius 3 is 2.36 bits per heavy atom. The summed E-state index contributed by atoms with van der Waals surface area (Å²) in [6, 6.07) is 2.15. The van der Waals surface area contributed by atoms with Crippen molar-refractivity contribution in [2.24, 2.45) is 11.3 Å². The van der Waals surface area contributed by atoms with Crippen molar-refractivity contribution in [3.63, 3.8) is 0 Å². The van der Waals surface area contributed by atoms with Crippen LogP contribution in [0.1, 0.15) is 19.4 Å². The van der Waals surface area contributed by atoms with Gasteiger partial charge in [0.15, 0.2) is 0 Å². The molecule has 3 heteroatoms. The van der Waals surface area contributed by atoms with Crippen molar-refractivity contribution in [2.75, 3.05) is 11.8 Å². The van der Waals surface area contributed by atoms with Gasteiger partial charge in [-0.05, 0) is 34.7 Å². The number of rotatable bonds is 5. The highest BCUT2D eigenvalue weighted by Gasteiger charge is 2.32. The van der Waals surface area contributed by atoms with E-state index >= 15 is 0 Å². The number of thiophene rings is 1. The largest absolute Gasteiger partial charge is 0.152 e. The molecule has 1 heterocycles. The SMILES string of the molecule is CC(C)C(CCl)(CCl)Cc1ccsc1. The number of halogens is 2. The Labute approximate surface area is 100 Å². The summed E-state index contributed by atoms with van der Waals surface area (Å²) >= 11 is 13.8. The van der Waals surface area contributed by atoms with Gasteiger partial charge in [0.1, 0.15) is 0 Å². The molecule has 1 aromatic heterocycles. The molecule has 14 heavy (non-hydrogen) atoms. The first-order chi connectivity index (χ1) is 6.64. The molecule has 0 aliphatic heterocycles. The van der Waals surface area contributed by atoms with E-state index in [9.17, 15) is 0 Å². The van der Waals surface area contributed by atoms with Crippen LogP contribution in [0.25, 0.3) is 0 Å². The highest BCUT2D eigenvalue weighted by atomic mass is 35.5. The first-order valence-electron chi connectivity index (χ1n) is 4.77. The topological polar surface area (TPSA) is 0 Å². The number of hydrogen-bond donors (Lipinski definition) is 0. The predicted molar refractivity (Wildman–Crippen MR) is 66.7 cm³/mol. The second-order valence-corrected chi connectivity index (χ2v) is 5.41. The standard InChI is InChI=1S/C11H16Cl2S/c1-9(2)11(7-12,8-13)5-10-3-4-14-6-10/h3-4,6,9H,5,7-8H2,1-2H3. The minimum Gasteiger partial charge on any atom is -0.152 e. The molecule has 0 fully saturated rings. The van der Waals surface area contributed by atoms with Crippen LogP contribution in [0.4, 0.5) is 0 Å². The van der Waals surface area contributed by atoms with Gasteiger partial charge in [0.05, 0.1) is 0 Å². The van der Waals surface area contributed by atoms with Gasteiger partial charge in [-0.2, -0.15) is 11.3 Å². The van der Waals surface area contributed by atoms with Gasteiger partial charge in [-0.1, -0.05) is 13.8 Å². The normalized spacial score (nSPS) is 12.4. The van der Waals surface area contributed by atoms with E-state index in [-0.39, 0.29) is 5.41 Å². The fraction of sp³-hybridized carbons (Fsp3) is 0.636. The Balaban J connectivity index is 2.78. The molecule has 0 spiro atoms. The summed E-state index contributed by atoms with van der Waals surface area (Å²) in [5, 5.41) is 4.28. The van der Waals surface area contributed by atoms with Crippen molar-refractivity contribution in [3.05, 3.63) is 22.4 Å². The zero-order chi connectivity index (χ0) is 10.6. The van der Waals surface area contributed by atoms with E-state index in [0.29, 0.717) is 17.7 Å². The first-order valence-corrected chi connectivity index (χ1v) is 6.79. The van der Waals surface area contributed by atoms with Gasteiger partial charge in [0, 0.05) is 17.2 Å². The molecule has 80 valence electrons. The van der Waals surface area contributed by atoms with Crippen molar-refractivity contribution >= 4 is 34.5 Å². The predicted octanol–water partition coefficient (Wildman–Crippen LogP) is 4.41. The van der Waals surface area contributed by atoms with Crippen LogP contribution in [0.15, 0.2) is 16.8 Å². The molecule has 0 aromatic carbocycles. The molecule has 0 bridgehead atoms. The lowest BCUT2D eigenvalue weighted by Gasteiger charge is -2.33. The van der Waals surface area contributed by atoms with Gasteiger partial charge < -0.3 is 0 Å². The molecule has 0 radical (unpaired) electrons. The molecule has 0 aliphatic carbocycles. The highest BCUT2D eigenvalue weighted by molar-refractivity contribution is 7.07. The summed E-state index contributed by atoms with van der Waals surface area (Å²) in [7, 11) is 0. The van der Waals surface area contributed by atoms with Crippen molar-refractivity contribution < 1.29 is 0 Å². The molecule has 0 unspecified atom stereocenters. The van der Waals surface area contributed by atoms with Crippen LogP contribution in [-0.4, -0.2) is 11.8 Å². The molecule has 0 saturated carbocycles. The van der Waals surface area contributed by atoms with Crippen LogP contribution in [-0.2, 0) is 6.42 Å². The second-order valence-electron chi connectivity index (χ2n) is 4.09. The Kier molecular flexibility index (Phi) is 4.75. The van der Waals surface area contributed by atoms with Crippen molar-refractivity contribution in [2.45, 2.75) is 20.3 Å². The van der Waals surface area contributed by atoms with E-state index in [4.69, 9.17) is 23.2 Å². The summed E-state index contributed by atoms with van der Waals surface area (Å²) in [6.07, 6.45) is 0.987. The lowest BCUT2D eigenvalue weighted by molar-refractivity contribution is 0.259. The third-order valence-electron chi connectivity index (χ3n) is 2.89. The Bertz CT molecular complexity index is 250. The Morgan fingerprint density at radius 1 is 1.36 bits per heavy atom. The highest BCUT2D eigenvalue weighted by Crippen LogP contribution is 2.35. The third-order valence-corrected chi connectivity index (χ3v) is 4.69. The average molecular weight is 251 g/mol. The van der Waals surface area contributed by atoms with Crippen LogP contribution >= 0.6 is 34.5 Å². The van der Waals surface area contributed by atoms with E-state index in [1.807, 2.05) is 0 Å². The van der Waals surface area contributed by atoms with E-state index in [2.05, 4.69) is 30.7 Å².